The Morgan fingerprint density at radius 2 is 1.37 bits per heavy atom. The Bertz CT molecular complexity index is 554. The molecule has 0 aliphatic carbocycles. The van der Waals surface area contributed by atoms with Crippen molar-refractivity contribution in [1.82, 2.24) is 4.90 Å². The van der Waals surface area contributed by atoms with Gasteiger partial charge in [-0.2, -0.15) is 0 Å². The van der Waals surface area contributed by atoms with Crippen LogP contribution in [-0.2, 0) is 0 Å². The van der Waals surface area contributed by atoms with Crippen molar-refractivity contribution in [3.8, 4) is 0 Å². The van der Waals surface area contributed by atoms with Crippen molar-refractivity contribution in [3.05, 3.63) is 60.2 Å². The lowest BCUT2D eigenvalue weighted by atomic mass is 10.2. The number of hydrogen-bond acceptors (Lipinski definition) is 2. The van der Waals surface area contributed by atoms with Gasteiger partial charge < -0.3 is 4.90 Å². The van der Waals surface area contributed by atoms with E-state index in [1.165, 1.54) is 0 Å². The van der Waals surface area contributed by atoms with E-state index in [2.05, 4.69) is 9.98 Å². The van der Waals surface area contributed by atoms with Crippen molar-refractivity contribution < 1.29 is 0 Å². The molecule has 3 nitrogen and oxygen atoms in total. The summed E-state index contributed by atoms with van der Waals surface area (Å²) >= 11 is 0. The number of nitrogens with zero attached hydrogens (tertiary/aromatic N) is 3. The molecule has 0 unspecified atom stereocenters. The second-order valence-electron chi connectivity index (χ2n) is 4.39. The third kappa shape index (κ3) is 4.39. The predicted octanol–water partition coefficient (Wildman–Crippen LogP) is 3.66. The molecule has 3 heteroatoms. The lowest BCUT2D eigenvalue weighted by Gasteiger charge is -2.02. The van der Waals surface area contributed by atoms with E-state index in [-0.39, 0.29) is 0 Å². The molecule has 0 radical (unpaired) electrons. The highest BCUT2D eigenvalue weighted by atomic mass is 15.1. The Morgan fingerprint density at radius 1 is 0.789 bits per heavy atom. The standard InChI is InChI=1S/C16H17N3/c1-19(2)13-18-16-10-8-15(9-11-16)17-12-14-6-4-3-5-7-14/h3-13H,1-2H3. The van der Waals surface area contributed by atoms with Crippen molar-refractivity contribution in [2.45, 2.75) is 0 Å². The zero-order valence-corrected chi connectivity index (χ0v) is 11.2. The lowest BCUT2D eigenvalue weighted by Crippen LogP contribution is -2.06. The van der Waals surface area contributed by atoms with Gasteiger partial charge in [-0.15, -0.1) is 0 Å². The van der Waals surface area contributed by atoms with Crippen LogP contribution in [0.4, 0.5) is 11.4 Å². The second kappa shape index (κ2) is 6.50. The van der Waals surface area contributed by atoms with Crippen molar-refractivity contribution in [2.24, 2.45) is 9.98 Å². The third-order valence-corrected chi connectivity index (χ3v) is 2.45. The monoisotopic (exact) mass is 251 g/mol. The van der Waals surface area contributed by atoms with Gasteiger partial charge in [0.05, 0.1) is 17.7 Å². The maximum Gasteiger partial charge on any atom is 0.0907 e. The minimum absolute atomic E-state index is 0.923. The van der Waals surface area contributed by atoms with Crippen LogP contribution >= 0.6 is 0 Å². The first-order valence-corrected chi connectivity index (χ1v) is 6.14. The van der Waals surface area contributed by atoms with Gasteiger partial charge in [0.25, 0.3) is 0 Å². The summed E-state index contributed by atoms with van der Waals surface area (Å²) < 4.78 is 0. The summed E-state index contributed by atoms with van der Waals surface area (Å²) in [5, 5.41) is 0. The van der Waals surface area contributed by atoms with Crippen molar-refractivity contribution in [3.63, 3.8) is 0 Å². The van der Waals surface area contributed by atoms with Gasteiger partial charge in [0, 0.05) is 20.3 Å². The van der Waals surface area contributed by atoms with E-state index >= 15 is 0 Å². The number of rotatable bonds is 4. The van der Waals surface area contributed by atoms with E-state index in [0.717, 1.165) is 16.9 Å². The van der Waals surface area contributed by atoms with Gasteiger partial charge in [-0.3, -0.25) is 4.99 Å². The molecule has 0 heterocycles. The highest BCUT2D eigenvalue weighted by Crippen LogP contribution is 2.18. The SMILES string of the molecule is CN(C)C=Nc1ccc(N=Cc2ccccc2)cc1. The minimum atomic E-state index is 0.923. The van der Waals surface area contributed by atoms with Gasteiger partial charge >= 0.3 is 0 Å². The van der Waals surface area contributed by atoms with E-state index in [1.807, 2.05) is 79.8 Å². The molecule has 19 heavy (non-hydrogen) atoms. The van der Waals surface area contributed by atoms with E-state index in [0.29, 0.717) is 0 Å². The first kappa shape index (κ1) is 13.0. The molecule has 2 rings (SSSR count). The Kier molecular flexibility index (Phi) is 4.45. The largest absolute Gasteiger partial charge is 0.369 e. The Labute approximate surface area is 113 Å². The number of benzene rings is 2. The summed E-state index contributed by atoms with van der Waals surface area (Å²) in [5.74, 6) is 0. The van der Waals surface area contributed by atoms with Gasteiger partial charge in [-0.25, -0.2) is 4.99 Å². The predicted molar refractivity (Wildman–Crippen MR) is 82.0 cm³/mol. The van der Waals surface area contributed by atoms with E-state index in [1.54, 1.807) is 6.34 Å². The lowest BCUT2D eigenvalue weighted by molar-refractivity contribution is 0.643. The van der Waals surface area contributed by atoms with Gasteiger partial charge in [0.15, 0.2) is 0 Å². The van der Waals surface area contributed by atoms with Gasteiger partial charge in [-0.05, 0) is 29.8 Å². The molecule has 0 saturated carbocycles. The molecule has 0 N–H and O–H groups in total. The number of aliphatic imine (C=N–C) groups is 2. The summed E-state index contributed by atoms with van der Waals surface area (Å²) in [6, 6.07) is 17.9. The molecule has 0 bridgehead atoms. The zero-order chi connectivity index (χ0) is 13.5. The highest BCUT2D eigenvalue weighted by Gasteiger charge is 1.91. The Balaban J connectivity index is 2.05. The Morgan fingerprint density at radius 3 is 1.95 bits per heavy atom. The highest BCUT2D eigenvalue weighted by molar-refractivity contribution is 5.81. The van der Waals surface area contributed by atoms with Crippen LogP contribution in [0.2, 0.25) is 0 Å². The Hall–Kier alpha value is -2.42. The fourth-order valence-corrected chi connectivity index (χ4v) is 1.50. The van der Waals surface area contributed by atoms with Crippen molar-refractivity contribution in [1.29, 1.82) is 0 Å². The van der Waals surface area contributed by atoms with E-state index < -0.39 is 0 Å². The fourth-order valence-electron chi connectivity index (χ4n) is 1.50. The van der Waals surface area contributed by atoms with Crippen molar-refractivity contribution in [2.75, 3.05) is 14.1 Å². The van der Waals surface area contributed by atoms with Crippen molar-refractivity contribution >= 4 is 23.9 Å². The third-order valence-electron chi connectivity index (χ3n) is 2.45. The normalized spacial score (nSPS) is 11.3. The summed E-state index contributed by atoms with van der Waals surface area (Å²) in [6.45, 7) is 0. The molecule has 0 atom stereocenters. The first-order chi connectivity index (χ1) is 9.24. The molecule has 96 valence electrons. The summed E-state index contributed by atoms with van der Waals surface area (Å²) in [4.78, 5) is 10.6. The molecule has 2 aromatic rings. The summed E-state index contributed by atoms with van der Waals surface area (Å²) in [5.41, 5.74) is 2.94. The van der Waals surface area contributed by atoms with Gasteiger partial charge in [-0.1, -0.05) is 30.3 Å². The zero-order valence-electron chi connectivity index (χ0n) is 11.2. The summed E-state index contributed by atoms with van der Waals surface area (Å²) in [6.07, 6.45) is 3.64. The minimum Gasteiger partial charge on any atom is -0.369 e. The quantitative estimate of drug-likeness (QED) is 0.602. The molecule has 0 aliphatic rings. The second-order valence-corrected chi connectivity index (χ2v) is 4.39. The van der Waals surface area contributed by atoms with Crippen LogP contribution in [-0.4, -0.2) is 31.5 Å². The van der Waals surface area contributed by atoms with Crippen LogP contribution < -0.4 is 0 Å². The van der Waals surface area contributed by atoms with E-state index in [9.17, 15) is 0 Å². The molecule has 0 aromatic heterocycles. The smallest absolute Gasteiger partial charge is 0.0907 e. The van der Waals surface area contributed by atoms with Crippen LogP contribution in [0.1, 0.15) is 5.56 Å². The fraction of sp³-hybridized carbons (Fsp3) is 0.125. The molecule has 0 spiro atoms. The maximum absolute atomic E-state index is 4.43. The van der Waals surface area contributed by atoms with Gasteiger partial charge in [0.2, 0.25) is 0 Å². The van der Waals surface area contributed by atoms with Crippen LogP contribution in [0, 0.1) is 0 Å². The molecule has 0 aliphatic heterocycles. The van der Waals surface area contributed by atoms with Crippen LogP contribution in [0.15, 0.2) is 64.6 Å². The number of hydrogen-bond donors (Lipinski definition) is 0. The van der Waals surface area contributed by atoms with Gasteiger partial charge in [0.1, 0.15) is 0 Å². The molecule has 0 amide bonds. The van der Waals surface area contributed by atoms with E-state index in [4.69, 9.17) is 0 Å². The van der Waals surface area contributed by atoms with Crippen LogP contribution in [0.5, 0.6) is 0 Å². The first-order valence-electron chi connectivity index (χ1n) is 6.14. The average Bonchev–Trinajstić information content (AvgIpc) is 2.45. The van der Waals surface area contributed by atoms with Crippen LogP contribution in [0.3, 0.4) is 0 Å². The molecule has 2 aromatic carbocycles. The maximum atomic E-state index is 4.43. The summed E-state index contributed by atoms with van der Waals surface area (Å²) in [7, 11) is 3.89. The topological polar surface area (TPSA) is 28.0 Å². The van der Waals surface area contributed by atoms with Crippen LogP contribution in [0.25, 0.3) is 0 Å². The molecule has 0 fully saturated rings. The molecule has 0 saturated heterocycles. The average molecular weight is 251 g/mol. The molecular formula is C16H17N3. The molecular weight excluding hydrogens is 234 g/mol.